The zero-order valence-electron chi connectivity index (χ0n) is 12.9. The van der Waals surface area contributed by atoms with Crippen LogP contribution < -0.4 is 4.18 Å². The molecule has 0 saturated heterocycles. The van der Waals surface area contributed by atoms with Gasteiger partial charge in [0.05, 0.1) is 17.4 Å². The molecule has 1 heterocycles. The lowest BCUT2D eigenvalue weighted by Gasteiger charge is -2.08. The van der Waals surface area contributed by atoms with Gasteiger partial charge in [-0.2, -0.15) is 8.42 Å². The number of imidazole rings is 1. The highest BCUT2D eigenvalue weighted by Gasteiger charge is 2.17. The molecule has 0 amide bonds. The number of aromatic nitrogens is 2. The van der Waals surface area contributed by atoms with E-state index in [-0.39, 0.29) is 10.6 Å². The SMILES string of the molecule is Cn1cnc2cc(OS(=O)(=O)c3ccc4ccccc4c3)ccc21. The van der Waals surface area contributed by atoms with Gasteiger partial charge in [-0.05, 0) is 35.0 Å². The Morgan fingerprint density at radius 2 is 1.75 bits per heavy atom. The summed E-state index contributed by atoms with van der Waals surface area (Å²) < 4.78 is 32.2. The molecule has 0 N–H and O–H groups in total. The molecule has 0 unspecified atom stereocenters. The molecule has 0 radical (unpaired) electrons. The van der Waals surface area contributed by atoms with Crippen LogP contribution in [0, 0.1) is 0 Å². The van der Waals surface area contributed by atoms with E-state index in [4.69, 9.17) is 4.18 Å². The normalized spacial score (nSPS) is 11.9. The van der Waals surface area contributed by atoms with Gasteiger partial charge >= 0.3 is 10.1 Å². The summed E-state index contributed by atoms with van der Waals surface area (Å²) in [5.41, 5.74) is 1.59. The summed E-state index contributed by atoms with van der Waals surface area (Å²) in [4.78, 5) is 4.34. The average molecular weight is 338 g/mol. The Balaban J connectivity index is 1.72. The molecule has 1 aromatic heterocycles. The van der Waals surface area contributed by atoms with Crippen LogP contribution in [0.5, 0.6) is 5.75 Å². The Bertz CT molecular complexity index is 1160. The maximum atomic E-state index is 12.5. The van der Waals surface area contributed by atoms with Crippen molar-refractivity contribution in [1.29, 1.82) is 0 Å². The fourth-order valence-electron chi connectivity index (χ4n) is 2.67. The smallest absolute Gasteiger partial charge is 0.339 e. The lowest BCUT2D eigenvalue weighted by molar-refractivity contribution is 0.486. The van der Waals surface area contributed by atoms with E-state index in [9.17, 15) is 8.42 Å². The quantitative estimate of drug-likeness (QED) is 0.537. The van der Waals surface area contributed by atoms with E-state index in [0.717, 1.165) is 16.3 Å². The molecular formula is C18H14N2O3S. The predicted octanol–water partition coefficient (Wildman–Crippen LogP) is 3.49. The second kappa shape index (κ2) is 5.35. The zero-order chi connectivity index (χ0) is 16.7. The summed E-state index contributed by atoms with van der Waals surface area (Å²) in [7, 11) is -2.02. The number of hydrogen-bond donors (Lipinski definition) is 0. The third-order valence-corrected chi connectivity index (χ3v) is 5.16. The first-order chi connectivity index (χ1) is 11.5. The number of hydrogen-bond acceptors (Lipinski definition) is 4. The molecule has 24 heavy (non-hydrogen) atoms. The molecule has 6 heteroatoms. The first-order valence-electron chi connectivity index (χ1n) is 7.37. The van der Waals surface area contributed by atoms with Gasteiger partial charge in [0.25, 0.3) is 0 Å². The maximum absolute atomic E-state index is 12.5. The topological polar surface area (TPSA) is 61.2 Å². The number of aryl methyl sites for hydroxylation is 1. The van der Waals surface area contributed by atoms with Crippen molar-refractivity contribution in [1.82, 2.24) is 9.55 Å². The van der Waals surface area contributed by atoms with Crippen LogP contribution in [0.2, 0.25) is 0 Å². The van der Waals surface area contributed by atoms with Gasteiger partial charge in [-0.1, -0.05) is 30.3 Å². The largest absolute Gasteiger partial charge is 0.379 e. The van der Waals surface area contributed by atoms with Crippen LogP contribution >= 0.6 is 0 Å². The fraction of sp³-hybridized carbons (Fsp3) is 0.0556. The molecule has 0 fully saturated rings. The molecule has 0 spiro atoms. The van der Waals surface area contributed by atoms with Gasteiger partial charge in [0.1, 0.15) is 10.6 Å². The van der Waals surface area contributed by atoms with Gasteiger partial charge in [-0.25, -0.2) is 4.98 Å². The van der Waals surface area contributed by atoms with Crippen LogP contribution in [0.15, 0.2) is 71.9 Å². The van der Waals surface area contributed by atoms with Crippen LogP contribution in [-0.2, 0) is 17.2 Å². The van der Waals surface area contributed by atoms with Crippen molar-refractivity contribution in [3.8, 4) is 5.75 Å². The molecule has 0 aliphatic rings. The number of benzene rings is 3. The van der Waals surface area contributed by atoms with Crippen molar-refractivity contribution in [2.45, 2.75) is 4.90 Å². The van der Waals surface area contributed by atoms with Crippen LogP contribution in [0.3, 0.4) is 0 Å². The molecule has 4 rings (SSSR count). The molecule has 0 saturated carbocycles. The minimum Gasteiger partial charge on any atom is -0.379 e. The van der Waals surface area contributed by atoms with E-state index in [0.29, 0.717) is 5.52 Å². The molecule has 3 aromatic carbocycles. The Kier molecular flexibility index (Phi) is 3.28. The standard InChI is InChI=1S/C18H14N2O3S/c1-20-12-19-17-11-15(7-9-18(17)20)23-24(21,22)16-8-6-13-4-2-3-5-14(13)10-16/h2-12H,1H3. The first-order valence-corrected chi connectivity index (χ1v) is 8.78. The third-order valence-electron chi connectivity index (χ3n) is 3.91. The van der Waals surface area contributed by atoms with E-state index in [1.54, 1.807) is 42.7 Å². The molecule has 4 aromatic rings. The summed E-state index contributed by atoms with van der Waals surface area (Å²) in [6.45, 7) is 0. The molecule has 0 aliphatic heterocycles. The Hall–Kier alpha value is -2.86. The number of nitrogens with zero attached hydrogens (tertiary/aromatic N) is 2. The van der Waals surface area contributed by atoms with E-state index in [1.165, 1.54) is 0 Å². The van der Waals surface area contributed by atoms with Crippen molar-refractivity contribution in [2.75, 3.05) is 0 Å². The van der Waals surface area contributed by atoms with Gasteiger partial charge in [-0.15, -0.1) is 0 Å². The first kappa shape index (κ1) is 14.7. The van der Waals surface area contributed by atoms with Gasteiger partial charge in [0, 0.05) is 13.1 Å². The lowest BCUT2D eigenvalue weighted by Crippen LogP contribution is -2.09. The highest BCUT2D eigenvalue weighted by atomic mass is 32.2. The van der Waals surface area contributed by atoms with Crippen molar-refractivity contribution in [3.63, 3.8) is 0 Å². The van der Waals surface area contributed by atoms with Crippen molar-refractivity contribution in [3.05, 3.63) is 67.0 Å². The second-order valence-corrected chi connectivity index (χ2v) is 7.10. The van der Waals surface area contributed by atoms with Gasteiger partial charge in [0.2, 0.25) is 0 Å². The molecular weight excluding hydrogens is 324 g/mol. The van der Waals surface area contributed by atoms with Crippen molar-refractivity contribution >= 4 is 31.9 Å². The van der Waals surface area contributed by atoms with Crippen molar-refractivity contribution in [2.24, 2.45) is 7.05 Å². The van der Waals surface area contributed by atoms with Crippen LogP contribution in [-0.4, -0.2) is 18.0 Å². The summed E-state index contributed by atoms with van der Waals surface area (Å²) in [6, 6.07) is 17.6. The van der Waals surface area contributed by atoms with Crippen LogP contribution in [0.1, 0.15) is 0 Å². The zero-order valence-corrected chi connectivity index (χ0v) is 13.7. The van der Waals surface area contributed by atoms with Crippen LogP contribution in [0.25, 0.3) is 21.8 Å². The van der Waals surface area contributed by atoms with Gasteiger partial charge < -0.3 is 8.75 Å². The van der Waals surface area contributed by atoms with E-state index < -0.39 is 10.1 Å². The summed E-state index contributed by atoms with van der Waals surface area (Å²) in [5, 5.41) is 1.83. The fourth-order valence-corrected chi connectivity index (χ4v) is 3.62. The van der Waals surface area contributed by atoms with E-state index >= 15 is 0 Å². The Morgan fingerprint density at radius 3 is 2.58 bits per heavy atom. The van der Waals surface area contributed by atoms with E-state index in [2.05, 4.69) is 4.98 Å². The van der Waals surface area contributed by atoms with Crippen LogP contribution in [0.4, 0.5) is 0 Å². The minimum absolute atomic E-state index is 0.127. The molecule has 120 valence electrons. The Labute approximate surface area is 139 Å². The summed E-state index contributed by atoms with van der Waals surface area (Å²) >= 11 is 0. The van der Waals surface area contributed by atoms with Crippen molar-refractivity contribution < 1.29 is 12.6 Å². The van der Waals surface area contributed by atoms with E-state index in [1.807, 2.05) is 35.9 Å². The number of rotatable bonds is 3. The Morgan fingerprint density at radius 1 is 0.958 bits per heavy atom. The highest BCUT2D eigenvalue weighted by Crippen LogP contribution is 2.25. The highest BCUT2D eigenvalue weighted by molar-refractivity contribution is 7.87. The maximum Gasteiger partial charge on any atom is 0.339 e. The average Bonchev–Trinajstić information content (AvgIpc) is 2.94. The molecule has 0 aliphatic carbocycles. The van der Waals surface area contributed by atoms with Gasteiger partial charge in [-0.3, -0.25) is 0 Å². The molecule has 5 nitrogen and oxygen atoms in total. The molecule has 0 bridgehead atoms. The minimum atomic E-state index is -3.90. The lowest BCUT2D eigenvalue weighted by atomic mass is 10.1. The van der Waals surface area contributed by atoms with Gasteiger partial charge in [0.15, 0.2) is 0 Å². The monoisotopic (exact) mass is 338 g/mol. The molecule has 0 atom stereocenters. The number of fused-ring (bicyclic) bond motifs is 2. The third kappa shape index (κ3) is 2.51. The predicted molar refractivity (Wildman–Crippen MR) is 92.5 cm³/mol. The second-order valence-electron chi connectivity index (χ2n) is 5.55. The summed E-state index contributed by atoms with van der Waals surface area (Å²) in [6.07, 6.45) is 1.67. The summed E-state index contributed by atoms with van der Waals surface area (Å²) in [5.74, 6) is 0.245.